The van der Waals surface area contributed by atoms with Gasteiger partial charge in [-0.25, -0.2) is 22.0 Å². The normalized spacial score (nSPS) is 11.5. The van der Waals surface area contributed by atoms with Gasteiger partial charge in [0.2, 0.25) is 5.82 Å². The summed E-state index contributed by atoms with van der Waals surface area (Å²) in [6, 6.07) is 16.0. The van der Waals surface area contributed by atoms with Crippen molar-refractivity contribution in [2.45, 2.75) is 13.8 Å². The molecule has 0 spiro atoms. The minimum Gasteiger partial charge on any atom is -0.256 e. The largest absolute Gasteiger partial charge is 0.256 e. The lowest BCUT2D eigenvalue weighted by Crippen LogP contribution is -2.04. The van der Waals surface area contributed by atoms with Crippen LogP contribution in [-0.4, -0.2) is 4.98 Å². The lowest BCUT2D eigenvalue weighted by Gasteiger charge is -2.12. The molecule has 0 radical (unpaired) electrons. The zero-order chi connectivity index (χ0) is 23.4. The van der Waals surface area contributed by atoms with E-state index in [9.17, 15) is 22.0 Å². The molecule has 6 heteroatoms. The molecular formula is C27H16F5N. The van der Waals surface area contributed by atoms with Gasteiger partial charge in [-0.15, -0.1) is 0 Å². The molecule has 0 atom stereocenters. The molecular weight excluding hydrogens is 433 g/mol. The van der Waals surface area contributed by atoms with E-state index < -0.39 is 34.6 Å². The van der Waals surface area contributed by atoms with Crippen LogP contribution in [0.25, 0.3) is 43.9 Å². The molecule has 1 heterocycles. The maximum absolute atomic E-state index is 14.4. The van der Waals surface area contributed by atoms with Gasteiger partial charge in [-0.05, 0) is 59.8 Å². The summed E-state index contributed by atoms with van der Waals surface area (Å²) in [6.45, 7) is 3.99. The highest BCUT2D eigenvalue weighted by molar-refractivity contribution is 6.12. The molecule has 1 aromatic heterocycles. The van der Waals surface area contributed by atoms with E-state index in [1.807, 2.05) is 38.1 Å². The van der Waals surface area contributed by atoms with Crippen molar-refractivity contribution < 1.29 is 22.0 Å². The second-order valence-electron chi connectivity index (χ2n) is 8.08. The van der Waals surface area contributed by atoms with E-state index in [0.29, 0.717) is 5.39 Å². The van der Waals surface area contributed by atoms with Crippen molar-refractivity contribution >= 4 is 21.5 Å². The number of hydrogen-bond donors (Lipinski definition) is 0. The average molecular weight is 449 g/mol. The lowest BCUT2D eigenvalue weighted by atomic mass is 9.94. The molecule has 0 N–H and O–H groups in total. The molecule has 5 aromatic rings. The van der Waals surface area contributed by atoms with Gasteiger partial charge >= 0.3 is 0 Å². The fourth-order valence-electron chi connectivity index (χ4n) is 4.34. The molecule has 0 amide bonds. The number of rotatable bonds is 2. The van der Waals surface area contributed by atoms with E-state index in [1.54, 1.807) is 18.3 Å². The standard InChI is InChI=1S/C27H16F5N/c1-13-9-14(2)11-17(10-13)27-19-6-5-15-3-4-16(12-20(15)18(19)7-8-33-27)21-22(28)24(30)26(32)25(31)23(21)29/h3-12H,1-2H3. The molecule has 0 saturated heterocycles. The third-order valence-corrected chi connectivity index (χ3v) is 5.76. The van der Waals surface area contributed by atoms with Gasteiger partial charge in [-0.3, -0.25) is 4.98 Å². The van der Waals surface area contributed by atoms with Crippen LogP contribution >= 0.6 is 0 Å². The Morgan fingerprint density at radius 3 is 1.82 bits per heavy atom. The number of hydrogen-bond acceptors (Lipinski definition) is 1. The Kier molecular flexibility index (Phi) is 4.89. The Morgan fingerprint density at radius 1 is 0.545 bits per heavy atom. The van der Waals surface area contributed by atoms with Gasteiger partial charge in [0.05, 0.1) is 11.3 Å². The monoisotopic (exact) mass is 449 g/mol. The van der Waals surface area contributed by atoms with Gasteiger partial charge in [0.1, 0.15) is 0 Å². The molecule has 0 aliphatic rings. The maximum Gasteiger partial charge on any atom is 0.200 e. The summed E-state index contributed by atoms with van der Waals surface area (Å²) in [7, 11) is 0. The first kappa shape index (κ1) is 21.1. The quantitative estimate of drug-likeness (QED) is 0.115. The number of benzene rings is 4. The van der Waals surface area contributed by atoms with Crippen LogP contribution in [0.3, 0.4) is 0 Å². The van der Waals surface area contributed by atoms with Gasteiger partial charge in [0.15, 0.2) is 23.3 Å². The highest BCUT2D eigenvalue weighted by Gasteiger charge is 2.26. The maximum atomic E-state index is 14.4. The van der Waals surface area contributed by atoms with Gasteiger partial charge in [0, 0.05) is 17.1 Å². The SMILES string of the molecule is Cc1cc(C)cc(-c2nccc3c2ccc2ccc(-c4c(F)c(F)c(F)c(F)c4F)cc23)c1. The Morgan fingerprint density at radius 2 is 1.15 bits per heavy atom. The second kappa shape index (κ2) is 7.66. The van der Waals surface area contributed by atoms with Crippen molar-refractivity contribution in [2.24, 2.45) is 0 Å². The Hall–Kier alpha value is -3.80. The minimum atomic E-state index is -2.18. The molecule has 164 valence electrons. The summed E-state index contributed by atoms with van der Waals surface area (Å²) < 4.78 is 70.0. The topological polar surface area (TPSA) is 12.9 Å². The molecule has 0 unspecified atom stereocenters. The number of aromatic nitrogens is 1. The first-order valence-electron chi connectivity index (χ1n) is 10.2. The molecule has 4 aromatic carbocycles. The fourth-order valence-corrected chi connectivity index (χ4v) is 4.34. The first-order valence-corrected chi connectivity index (χ1v) is 10.2. The average Bonchev–Trinajstić information content (AvgIpc) is 2.80. The highest BCUT2D eigenvalue weighted by atomic mass is 19.2. The predicted molar refractivity (Wildman–Crippen MR) is 119 cm³/mol. The smallest absolute Gasteiger partial charge is 0.200 e. The zero-order valence-corrected chi connectivity index (χ0v) is 17.6. The number of nitrogens with zero attached hydrogens (tertiary/aromatic N) is 1. The van der Waals surface area contributed by atoms with E-state index in [0.717, 1.165) is 38.5 Å². The number of halogens is 5. The Balaban J connectivity index is 1.80. The van der Waals surface area contributed by atoms with Gasteiger partial charge in [0.25, 0.3) is 0 Å². The Labute approximate surface area is 186 Å². The highest BCUT2D eigenvalue weighted by Crippen LogP contribution is 2.37. The van der Waals surface area contributed by atoms with Crippen molar-refractivity contribution in [3.63, 3.8) is 0 Å². The van der Waals surface area contributed by atoms with E-state index in [2.05, 4.69) is 11.1 Å². The molecule has 33 heavy (non-hydrogen) atoms. The van der Waals surface area contributed by atoms with E-state index >= 15 is 0 Å². The zero-order valence-electron chi connectivity index (χ0n) is 17.6. The van der Waals surface area contributed by atoms with Crippen LogP contribution in [0.15, 0.2) is 60.8 Å². The van der Waals surface area contributed by atoms with Crippen molar-refractivity contribution in [3.05, 3.63) is 101 Å². The molecule has 0 aliphatic carbocycles. The van der Waals surface area contributed by atoms with Gasteiger partial charge < -0.3 is 0 Å². The summed E-state index contributed by atoms with van der Waals surface area (Å²) in [6.07, 6.45) is 1.64. The van der Waals surface area contributed by atoms with Gasteiger partial charge in [-0.2, -0.15) is 0 Å². The molecule has 0 saturated carbocycles. The molecule has 0 bridgehead atoms. The van der Waals surface area contributed by atoms with E-state index in [-0.39, 0.29) is 5.56 Å². The minimum absolute atomic E-state index is 0.104. The van der Waals surface area contributed by atoms with Crippen LogP contribution in [0.1, 0.15) is 11.1 Å². The lowest BCUT2D eigenvalue weighted by molar-refractivity contribution is 0.381. The summed E-state index contributed by atoms with van der Waals surface area (Å²) in [4.78, 5) is 4.55. The van der Waals surface area contributed by atoms with Crippen LogP contribution in [0.5, 0.6) is 0 Å². The van der Waals surface area contributed by atoms with Crippen molar-refractivity contribution in [3.8, 4) is 22.4 Å². The molecule has 5 rings (SSSR count). The third kappa shape index (κ3) is 3.33. The molecule has 1 nitrogen and oxygen atoms in total. The van der Waals surface area contributed by atoms with E-state index in [1.165, 1.54) is 12.1 Å². The number of fused-ring (bicyclic) bond motifs is 3. The number of pyridine rings is 1. The van der Waals surface area contributed by atoms with Crippen molar-refractivity contribution in [1.82, 2.24) is 4.98 Å². The van der Waals surface area contributed by atoms with E-state index in [4.69, 9.17) is 0 Å². The third-order valence-electron chi connectivity index (χ3n) is 5.76. The molecule has 0 fully saturated rings. The van der Waals surface area contributed by atoms with Crippen molar-refractivity contribution in [2.75, 3.05) is 0 Å². The summed E-state index contributed by atoms with van der Waals surface area (Å²) >= 11 is 0. The van der Waals surface area contributed by atoms with Crippen LogP contribution in [-0.2, 0) is 0 Å². The molecule has 0 aliphatic heterocycles. The summed E-state index contributed by atoms with van der Waals surface area (Å²) in [5.41, 5.74) is 2.77. The second-order valence-corrected chi connectivity index (χ2v) is 8.08. The van der Waals surface area contributed by atoms with Crippen LogP contribution in [0.2, 0.25) is 0 Å². The van der Waals surface area contributed by atoms with Crippen molar-refractivity contribution in [1.29, 1.82) is 0 Å². The van der Waals surface area contributed by atoms with Crippen LogP contribution in [0.4, 0.5) is 22.0 Å². The Bertz CT molecular complexity index is 1540. The number of aryl methyl sites for hydroxylation is 2. The van der Waals surface area contributed by atoms with Crippen LogP contribution < -0.4 is 0 Å². The van der Waals surface area contributed by atoms with Crippen LogP contribution in [0, 0.1) is 42.9 Å². The summed E-state index contributed by atoms with van der Waals surface area (Å²) in [5, 5.41) is 2.93. The summed E-state index contributed by atoms with van der Waals surface area (Å²) in [5.74, 6) is -9.83. The fraction of sp³-hybridized carbons (Fsp3) is 0.0741. The first-order chi connectivity index (χ1) is 15.8. The van der Waals surface area contributed by atoms with Gasteiger partial charge in [-0.1, -0.05) is 41.5 Å². The predicted octanol–water partition coefficient (Wildman–Crippen LogP) is 8.03.